The molecule has 282 valence electrons. The van der Waals surface area contributed by atoms with E-state index in [9.17, 15) is 0 Å². The minimum Gasteiger partial charge on any atom is -0.310 e. The number of anilines is 3. The molecule has 0 aliphatic carbocycles. The van der Waals surface area contributed by atoms with Crippen LogP contribution in [0.2, 0.25) is 0 Å². The summed E-state index contributed by atoms with van der Waals surface area (Å²) in [6, 6.07) is 86.1. The molecule has 0 saturated heterocycles. The molecule has 0 fully saturated rings. The summed E-state index contributed by atoms with van der Waals surface area (Å²) in [5.74, 6) is 0. The summed E-state index contributed by atoms with van der Waals surface area (Å²) >= 11 is 1.86. The fourth-order valence-electron chi connectivity index (χ4n) is 8.76. The largest absolute Gasteiger partial charge is 0.310 e. The maximum absolute atomic E-state index is 2.43. The van der Waals surface area contributed by atoms with Crippen molar-refractivity contribution < 1.29 is 0 Å². The van der Waals surface area contributed by atoms with Crippen molar-refractivity contribution in [1.29, 1.82) is 0 Å². The molecule has 0 atom stereocenters. The Morgan fingerprint density at radius 2 is 0.783 bits per heavy atom. The molecule has 0 spiro atoms. The van der Waals surface area contributed by atoms with Gasteiger partial charge in [0.05, 0.1) is 5.69 Å². The molecule has 10 aromatic carbocycles. The number of nitrogens with zero attached hydrogens (tertiary/aromatic N) is 1. The van der Waals surface area contributed by atoms with E-state index in [1.807, 2.05) is 11.3 Å². The molecule has 1 aromatic heterocycles. The fourth-order valence-corrected chi connectivity index (χ4v) is 9.89. The summed E-state index contributed by atoms with van der Waals surface area (Å²) in [7, 11) is 0. The van der Waals surface area contributed by atoms with E-state index in [0.717, 1.165) is 17.1 Å². The Bertz CT molecular complexity index is 3280. The molecule has 11 rings (SSSR count). The molecule has 0 bridgehead atoms. The lowest BCUT2D eigenvalue weighted by atomic mass is 9.95. The van der Waals surface area contributed by atoms with E-state index in [4.69, 9.17) is 0 Å². The zero-order valence-corrected chi connectivity index (χ0v) is 33.7. The van der Waals surface area contributed by atoms with Crippen LogP contribution in [0.4, 0.5) is 17.1 Å². The van der Waals surface area contributed by atoms with Crippen molar-refractivity contribution in [2.45, 2.75) is 0 Å². The normalized spacial score (nSPS) is 11.3. The van der Waals surface area contributed by atoms with E-state index >= 15 is 0 Å². The van der Waals surface area contributed by atoms with Crippen LogP contribution in [0, 0.1) is 0 Å². The Morgan fingerprint density at radius 1 is 0.283 bits per heavy atom. The first-order valence-corrected chi connectivity index (χ1v) is 21.3. The minimum absolute atomic E-state index is 1.10. The summed E-state index contributed by atoms with van der Waals surface area (Å²) in [6.45, 7) is 0. The third kappa shape index (κ3) is 6.54. The van der Waals surface area contributed by atoms with E-state index < -0.39 is 0 Å². The van der Waals surface area contributed by atoms with Crippen molar-refractivity contribution in [1.82, 2.24) is 0 Å². The summed E-state index contributed by atoms with van der Waals surface area (Å²) in [5.41, 5.74) is 15.4. The molecular weight excluding hydrogens is 743 g/mol. The van der Waals surface area contributed by atoms with E-state index in [2.05, 4.69) is 241 Å². The van der Waals surface area contributed by atoms with Crippen molar-refractivity contribution >= 4 is 59.3 Å². The molecule has 0 aliphatic rings. The number of thiophene rings is 1. The van der Waals surface area contributed by atoms with E-state index in [1.165, 1.54) is 86.6 Å². The monoisotopic (exact) mass is 781 g/mol. The molecule has 2 heteroatoms. The fraction of sp³-hybridized carbons (Fsp3) is 0. The van der Waals surface area contributed by atoms with Gasteiger partial charge in [-0.25, -0.2) is 0 Å². The van der Waals surface area contributed by atoms with Crippen molar-refractivity contribution in [3.63, 3.8) is 0 Å². The molecule has 0 N–H and O–H groups in total. The predicted molar refractivity (Wildman–Crippen MR) is 259 cm³/mol. The van der Waals surface area contributed by atoms with Gasteiger partial charge in [-0.2, -0.15) is 0 Å². The average molecular weight is 782 g/mol. The smallest absolute Gasteiger partial charge is 0.0540 e. The van der Waals surface area contributed by atoms with Crippen molar-refractivity contribution in [3.8, 4) is 55.6 Å². The van der Waals surface area contributed by atoms with Crippen LogP contribution in [0.3, 0.4) is 0 Å². The number of hydrogen-bond acceptors (Lipinski definition) is 2. The van der Waals surface area contributed by atoms with Gasteiger partial charge in [-0.15, -0.1) is 11.3 Å². The molecular formula is C58H39NS. The van der Waals surface area contributed by atoms with Crippen LogP contribution in [0.1, 0.15) is 0 Å². The molecule has 0 aliphatic heterocycles. The quantitative estimate of drug-likeness (QED) is 0.148. The van der Waals surface area contributed by atoms with Crippen LogP contribution in [0.5, 0.6) is 0 Å². The van der Waals surface area contributed by atoms with Crippen molar-refractivity contribution in [2.24, 2.45) is 0 Å². The lowest BCUT2D eigenvalue weighted by Gasteiger charge is -2.28. The molecule has 60 heavy (non-hydrogen) atoms. The minimum atomic E-state index is 1.10. The molecule has 0 unspecified atom stereocenters. The van der Waals surface area contributed by atoms with Crippen LogP contribution < -0.4 is 4.90 Å². The van der Waals surface area contributed by atoms with Gasteiger partial charge in [0.15, 0.2) is 0 Å². The summed E-state index contributed by atoms with van der Waals surface area (Å²) in [6.07, 6.45) is 0. The Kier molecular flexibility index (Phi) is 9.11. The number of hydrogen-bond donors (Lipinski definition) is 0. The summed E-state index contributed by atoms with van der Waals surface area (Å²) in [5, 5.41) is 5.13. The first-order chi connectivity index (χ1) is 29.7. The van der Waals surface area contributed by atoms with Gasteiger partial charge in [0.2, 0.25) is 0 Å². The SMILES string of the molecule is c1ccc(-c2ccc(-c3ccc(N(c4cccc(-c5ccc(-c6cccc7ccccc67)cc5)c4)c4ccccc4-c4cccc5sc6ccccc6c45)cc3)cc2)cc1. The lowest BCUT2D eigenvalue weighted by molar-refractivity contribution is 1.28. The molecule has 0 saturated carbocycles. The van der Waals surface area contributed by atoms with Gasteiger partial charge >= 0.3 is 0 Å². The van der Waals surface area contributed by atoms with E-state index in [1.54, 1.807) is 0 Å². The van der Waals surface area contributed by atoms with Gasteiger partial charge in [0.25, 0.3) is 0 Å². The maximum Gasteiger partial charge on any atom is 0.0540 e. The third-order valence-electron chi connectivity index (χ3n) is 11.7. The Labute approximate surface area is 354 Å². The zero-order chi connectivity index (χ0) is 39.8. The highest BCUT2D eigenvalue weighted by Crippen LogP contribution is 2.46. The van der Waals surface area contributed by atoms with Gasteiger partial charge < -0.3 is 4.90 Å². The standard InChI is InChI=1S/C58H39NS/c1-2-13-40(14-3-1)41-27-29-42(30-28-41)43-35-37-48(38-36-43)59(55-24-8-6-20-52(55)53-23-12-26-57-58(53)54-21-7-9-25-56(54)60-57)49-18-10-17-47(39-49)44-31-33-46(34-32-44)51-22-11-16-45-15-4-5-19-50(45)51/h1-39H. The highest BCUT2D eigenvalue weighted by Gasteiger charge is 2.20. The molecule has 0 radical (unpaired) electrons. The van der Waals surface area contributed by atoms with E-state index in [-0.39, 0.29) is 0 Å². The highest BCUT2D eigenvalue weighted by molar-refractivity contribution is 7.25. The summed E-state index contributed by atoms with van der Waals surface area (Å²) < 4.78 is 2.60. The van der Waals surface area contributed by atoms with Gasteiger partial charge in [0, 0.05) is 37.1 Å². The van der Waals surface area contributed by atoms with E-state index in [0.29, 0.717) is 0 Å². The Hall–Kier alpha value is -7.52. The van der Waals surface area contributed by atoms with Gasteiger partial charge in [0.1, 0.15) is 0 Å². The Balaban J connectivity index is 1.02. The maximum atomic E-state index is 2.43. The second kappa shape index (κ2) is 15.3. The first-order valence-electron chi connectivity index (χ1n) is 20.5. The van der Waals surface area contributed by atoms with Crippen LogP contribution in [0.25, 0.3) is 86.6 Å². The lowest BCUT2D eigenvalue weighted by Crippen LogP contribution is -2.11. The summed E-state index contributed by atoms with van der Waals surface area (Å²) in [4.78, 5) is 2.43. The van der Waals surface area contributed by atoms with Crippen LogP contribution >= 0.6 is 11.3 Å². The number of fused-ring (bicyclic) bond motifs is 4. The third-order valence-corrected chi connectivity index (χ3v) is 12.8. The predicted octanol–water partition coefficient (Wildman–Crippen LogP) is 17.0. The van der Waals surface area contributed by atoms with Crippen LogP contribution in [-0.2, 0) is 0 Å². The number of rotatable bonds is 8. The van der Waals surface area contributed by atoms with Crippen LogP contribution in [-0.4, -0.2) is 0 Å². The molecule has 11 aromatic rings. The number of para-hydroxylation sites is 1. The zero-order valence-electron chi connectivity index (χ0n) is 32.9. The van der Waals surface area contributed by atoms with Gasteiger partial charge in [-0.3, -0.25) is 0 Å². The van der Waals surface area contributed by atoms with Gasteiger partial charge in [-0.05, 0) is 103 Å². The average Bonchev–Trinajstić information content (AvgIpc) is 3.72. The first kappa shape index (κ1) is 35.6. The highest BCUT2D eigenvalue weighted by atomic mass is 32.1. The number of benzene rings is 10. The van der Waals surface area contributed by atoms with Crippen LogP contribution in [0.15, 0.2) is 237 Å². The second-order valence-corrected chi connectivity index (χ2v) is 16.4. The van der Waals surface area contributed by atoms with Gasteiger partial charge in [-0.1, -0.05) is 194 Å². The molecule has 1 nitrogen and oxygen atoms in total. The van der Waals surface area contributed by atoms with Crippen molar-refractivity contribution in [3.05, 3.63) is 237 Å². The van der Waals surface area contributed by atoms with Crippen molar-refractivity contribution in [2.75, 3.05) is 4.90 Å². The topological polar surface area (TPSA) is 3.24 Å². The second-order valence-electron chi connectivity index (χ2n) is 15.3. The molecule has 1 heterocycles. The Morgan fingerprint density at radius 3 is 1.57 bits per heavy atom. The molecule has 0 amide bonds.